The maximum absolute atomic E-state index is 13.7. The van der Waals surface area contributed by atoms with E-state index in [9.17, 15) is 13.2 Å². The molecule has 0 unspecified atom stereocenters. The Morgan fingerprint density at radius 1 is 1.17 bits per heavy atom. The Morgan fingerprint density at radius 3 is 2.58 bits per heavy atom. The number of sulfonamides is 1. The van der Waals surface area contributed by atoms with Crippen LogP contribution in [0.4, 0.5) is 0 Å². The molecule has 0 aromatic heterocycles. The summed E-state index contributed by atoms with van der Waals surface area (Å²) in [5.74, 6) is 0.143. The second kappa shape index (κ2) is 11.1. The molecule has 2 N–H and O–H groups in total. The number of hydrogen-bond donors (Lipinski definition) is 2. The summed E-state index contributed by atoms with van der Waals surface area (Å²) in [6.07, 6.45) is 2.70. The molecule has 0 radical (unpaired) electrons. The van der Waals surface area contributed by atoms with E-state index < -0.39 is 20.7 Å². The van der Waals surface area contributed by atoms with E-state index in [2.05, 4.69) is 31.2 Å². The normalized spacial score (nSPS) is 18.4. The van der Waals surface area contributed by atoms with Crippen molar-refractivity contribution >= 4 is 21.5 Å². The predicted molar refractivity (Wildman–Crippen MR) is 138 cm³/mol. The number of nitrogens with one attached hydrogen (secondary N) is 1. The number of benzene rings is 2. The summed E-state index contributed by atoms with van der Waals surface area (Å²) in [6.45, 7) is 5.79. The number of amides is 1. The summed E-state index contributed by atoms with van der Waals surface area (Å²) >= 11 is 0. The fourth-order valence-corrected chi connectivity index (χ4v) is 7.26. The average Bonchev–Trinajstić information content (AvgIpc) is 2.89. The minimum atomic E-state index is -3.79. The smallest absolute Gasteiger partial charge is 0.244 e. The van der Waals surface area contributed by atoms with Crippen LogP contribution in [0.2, 0.25) is 0 Å². The van der Waals surface area contributed by atoms with E-state index in [1.165, 1.54) is 4.31 Å². The van der Waals surface area contributed by atoms with Crippen LogP contribution in [-0.4, -0.2) is 61.5 Å². The van der Waals surface area contributed by atoms with Gasteiger partial charge in [-0.05, 0) is 73.1 Å². The van der Waals surface area contributed by atoms with Crippen molar-refractivity contribution in [2.24, 2.45) is 0 Å². The number of hydroxylamine groups is 1. The average molecular weight is 515 g/mol. The van der Waals surface area contributed by atoms with Crippen LogP contribution in [0.3, 0.4) is 0 Å². The fraction of sp³-hybridized carbons (Fsp3) is 0.444. The van der Waals surface area contributed by atoms with Gasteiger partial charge in [0.05, 0.1) is 11.4 Å². The molecule has 2 aromatic carbocycles. The monoisotopic (exact) mass is 514 g/mol. The lowest BCUT2D eigenvalue weighted by Crippen LogP contribution is -2.54. The molecule has 1 amide bonds. The van der Waals surface area contributed by atoms with Crippen LogP contribution in [0.15, 0.2) is 48.5 Å². The maximum atomic E-state index is 13.7. The Bertz CT molecular complexity index is 1230. The molecule has 2 aromatic rings. The molecular formula is C27H34N2O6S. The Morgan fingerprint density at radius 2 is 1.94 bits per heavy atom. The van der Waals surface area contributed by atoms with Crippen molar-refractivity contribution < 1.29 is 27.9 Å². The van der Waals surface area contributed by atoms with Gasteiger partial charge in [0, 0.05) is 32.7 Å². The van der Waals surface area contributed by atoms with Crippen LogP contribution in [0.5, 0.6) is 5.75 Å². The molecule has 1 saturated heterocycles. The molecule has 0 atom stereocenters. The SMILES string of the molecule is CCOc1cccc(-c2ccc(C3=CCN(S(=O)(=O)C4(CC(=O)NO)CCOCC4)CC3)cc2C)c1. The van der Waals surface area contributed by atoms with Crippen molar-refractivity contribution in [2.75, 3.05) is 32.9 Å². The third-order valence-electron chi connectivity index (χ3n) is 7.12. The van der Waals surface area contributed by atoms with Gasteiger partial charge in [-0.1, -0.05) is 36.4 Å². The van der Waals surface area contributed by atoms with Crippen molar-refractivity contribution in [3.63, 3.8) is 0 Å². The van der Waals surface area contributed by atoms with Gasteiger partial charge in [-0.15, -0.1) is 0 Å². The first kappa shape index (κ1) is 26.3. The number of rotatable bonds is 8. The fourth-order valence-electron chi connectivity index (χ4n) is 5.11. The minimum Gasteiger partial charge on any atom is -0.494 e. The third kappa shape index (κ3) is 5.34. The molecule has 36 heavy (non-hydrogen) atoms. The van der Waals surface area contributed by atoms with Crippen LogP contribution in [0, 0.1) is 6.92 Å². The summed E-state index contributed by atoms with van der Waals surface area (Å²) in [5, 5.41) is 9.01. The van der Waals surface area contributed by atoms with Crippen molar-refractivity contribution in [1.29, 1.82) is 0 Å². The molecule has 0 spiro atoms. The molecule has 9 heteroatoms. The maximum Gasteiger partial charge on any atom is 0.244 e. The summed E-state index contributed by atoms with van der Waals surface area (Å²) in [5.41, 5.74) is 7.13. The van der Waals surface area contributed by atoms with Crippen molar-refractivity contribution in [2.45, 2.75) is 44.3 Å². The molecule has 2 aliphatic heterocycles. The van der Waals surface area contributed by atoms with E-state index >= 15 is 0 Å². The number of aryl methyl sites for hydroxylation is 1. The topological polar surface area (TPSA) is 105 Å². The molecule has 4 rings (SSSR count). The molecule has 2 heterocycles. The van der Waals surface area contributed by atoms with Gasteiger partial charge >= 0.3 is 0 Å². The van der Waals surface area contributed by atoms with Crippen LogP contribution >= 0.6 is 0 Å². The van der Waals surface area contributed by atoms with E-state index in [0.717, 1.165) is 33.6 Å². The van der Waals surface area contributed by atoms with Crippen LogP contribution < -0.4 is 10.2 Å². The molecule has 0 saturated carbocycles. The predicted octanol–water partition coefficient (Wildman–Crippen LogP) is 3.92. The first-order valence-corrected chi connectivity index (χ1v) is 13.8. The first-order valence-electron chi connectivity index (χ1n) is 12.3. The van der Waals surface area contributed by atoms with Gasteiger partial charge in [0.25, 0.3) is 0 Å². The minimum absolute atomic E-state index is 0.223. The molecular weight excluding hydrogens is 480 g/mol. The zero-order valence-corrected chi connectivity index (χ0v) is 21.6. The van der Waals surface area contributed by atoms with Gasteiger partial charge in [0.2, 0.25) is 15.9 Å². The Kier molecular flexibility index (Phi) is 8.14. The van der Waals surface area contributed by atoms with Crippen molar-refractivity contribution in [3.05, 3.63) is 59.7 Å². The lowest BCUT2D eigenvalue weighted by molar-refractivity contribution is -0.130. The molecule has 2 aliphatic rings. The first-order chi connectivity index (χ1) is 17.3. The zero-order valence-electron chi connectivity index (χ0n) is 20.8. The number of carbonyl (C=O) groups is 1. The number of ether oxygens (including phenoxy) is 2. The largest absolute Gasteiger partial charge is 0.494 e. The van der Waals surface area contributed by atoms with Crippen molar-refractivity contribution in [1.82, 2.24) is 9.79 Å². The quantitative estimate of drug-likeness (QED) is 0.409. The van der Waals surface area contributed by atoms with Gasteiger partial charge < -0.3 is 9.47 Å². The van der Waals surface area contributed by atoms with E-state index in [4.69, 9.17) is 14.7 Å². The standard InChI is InChI=1S/C27H34N2O6S/c1-3-35-24-6-4-5-23(18-24)25-8-7-22(17-20(25)2)21-9-13-29(14-10-21)36(32,33)27(19-26(30)28-31)11-15-34-16-12-27/h4-9,17-18,31H,3,10-16,19H2,1-2H3,(H,28,30). The Hall–Kier alpha value is -2.72. The van der Waals surface area contributed by atoms with Gasteiger partial charge in [-0.25, -0.2) is 13.9 Å². The van der Waals surface area contributed by atoms with E-state index in [-0.39, 0.29) is 39.0 Å². The molecule has 8 nitrogen and oxygen atoms in total. The number of hydrogen-bond acceptors (Lipinski definition) is 6. The molecule has 194 valence electrons. The Labute approximate surface area is 212 Å². The van der Waals surface area contributed by atoms with E-state index in [1.807, 2.05) is 31.2 Å². The lowest BCUT2D eigenvalue weighted by Gasteiger charge is -2.40. The molecule has 0 aliphatic carbocycles. The number of carbonyl (C=O) groups excluding carboxylic acids is 1. The van der Waals surface area contributed by atoms with Crippen molar-refractivity contribution in [3.8, 4) is 16.9 Å². The summed E-state index contributed by atoms with van der Waals surface area (Å²) in [6, 6.07) is 14.4. The lowest BCUT2D eigenvalue weighted by atomic mass is 9.93. The summed E-state index contributed by atoms with van der Waals surface area (Å²) in [7, 11) is -3.79. The van der Waals surface area contributed by atoms with Gasteiger partial charge in [0.1, 0.15) is 5.75 Å². The van der Waals surface area contributed by atoms with E-state index in [1.54, 1.807) is 5.48 Å². The highest BCUT2D eigenvalue weighted by Crippen LogP contribution is 2.38. The summed E-state index contributed by atoms with van der Waals surface area (Å²) in [4.78, 5) is 12.0. The summed E-state index contributed by atoms with van der Waals surface area (Å²) < 4.78 is 38.5. The third-order valence-corrected chi connectivity index (χ3v) is 9.78. The molecule has 1 fully saturated rings. The van der Waals surface area contributed by atoms with Gasteiger partial charge in [-0.2, -0.15) is 4.31 Å². The highest BCUT2D eigenvalue weighted by atomic mass is 32.2. The second-order valence-corrected chi connectivity index (χ2v) is 11.7. The second-order valence-electron chi connectivity index (χ2n) is 9.34. The van der Waals surface area contributed by atoms with Crippen LogP contribution in [0.1, 0.15) is 43.7 Å². The highest BCUT2D eigenvalue weighted by Gasteiger charge is 2.49. The van der Waals surface area contributed by atoms with Crippen LogP contribution in [-0.2, 0) is 19.6 Å². The van der Waals surface area contributed by atoms with Gasteiger partial charge in [-0.3, -0.25) is 10.0 Å². The van der Waals surface area contributed by atoms with E-state index in [0.29, 0.717) is 19.6 Å². The molecule has 0 bridgehead atoms. The zero-order chi connectivity index (χ0) is 25.8. The van der Waals surface area contributed by atoms with Crippen LogP contribution in [0.25, 0.3) is 16.7 Å². The Balaban J connectivity index is 1.53. The highest BCUT2D eigenvalue weighted by molar-refractivity contribution is 7.90. The number of nitrogens with zero attached hydrogens (tertiary/aromatic N) is 1. The van der Waals surface area contributed by atoms with Gasteiger partial charge in [0.15, 0.2) is 0 Å².